The standard InChI is InChI=1S/C17H16N4OS/c1-3-4-7-10-21-12-18-11-13-16(21)20-17(19-13)23-15-9-6-5-8-14(15)22-2/h1,5-6,8-9,11-12H,4,7,10H2,2H3. The van der Waals surface area contributed by atoms with Gasteiger partial charge in [-0.3, -0.25) is 0 Å². The van der Waals surface area contributed by atoms with E-state index in [-0.39, 0.29) is 0 Å². The molecule has 2 aliphatic rings. The first-order valence-corrected chi connectivity index (χ1v) is 8.05. The van der Waals surface area contributed by atoms with Gasteiger partial charge in [0.25, 0.3) is 0 Å². The van der Waals surface area contributed by atoms with Gasteiger partial charge in [0.2, 0.25) is 0 Å². The summed E-state index contributed by atoms with van der Waals surface area (Å²) < 4.78 is 7.36. The predicted octanol–water partition coefficient (Wildman–Crippen LogP) is 3.35. The number of aromatic nitrogens is 4. The van der Waals surface area contributed by atoms with Gasteiger partial charge in [0.15, 0.2) is 11.0 Å². The van der Waals surface area contributed by atoms with E-state index < -0.39 is 0 Å². The van der Waals surface area contributed by atoms with Gasteiger partial charge in [-0.2, -0.15) is 0 Å². The number of imidazole rings is 1. The molecule has 0 amide bonds. The lowest BCUT2D eigenvalue weighted by Crippen LogP contribution is -2.04. The molecule has 0 N–H and O–H groups in total. The normalized spacial score (nSPS) is 10.6. The van der Waals surface area contributed by atoms with E-state index in [0.29, 0.717) is 5.16 Å². The van der Waals surface area contributed by atoms with Crippen LogP contribution in [-0.4, -0.2) is 26.6 Å². The summed E-state index contributed by atoms with van der Waals surface area (Å²) in [5.74, 6) is 4.29. The maximum atomic E-state index is 5.37. The number of ether oxygens (including phenoxy) is 1. The molecule has 3 rings (SSSR count). The average Bonchev–Trinajstić information content (AvgIpc) is 2.99. The third kappa shape index (κ3) is 3.46. The second-order valence-electron chi connectivity index (χ2n) is 4.86. The van der Waals surface area contributed by atoms with Crippen LogP contribution in [0, 0.1) is 12.3 Å². The van der Waals surface area contributed by atoms with Crippen LogP contribution in [0.25, 0.3) is 11.5 Å². The van der Waals surface area contributed by atoms with Gasteiger partial charge in [-0.15, -0.1) is 12.3 Å². The summed E-state index contributed by atoms with van der Waals surface area (Å²) in [7, 11) is 1.66. The molecule has 0 aromatic heterocycles. The molecule has 0 saturated carbocycles. The van der Waals surface area contributed by atoms with Crippen molar-refractivity contribution in [2.75, 3.05) is 7.11 Å². The molecule has 5 nitrogen and oxygen atoms in total. The molecule has 116 valence electrons. The smallest absolute Gasteiger partial charge is 0.195 e. The van der Waals surface area contributed by atoms with E-state index in [9.17, 15) is 0 Å². The van der Waals surface area contributed by atoms with Crippen molar-refractivity contribution in [3.8, 4) is 29.6 Å². The molecule has 2 aliphatic heterocycles. The van der Waals surface area contributed by atoms with Crippen LogP contribution in [-0.2, 0) is 6.54 Å². The van der Waals surface area contributed by atoms with Crippen LogP contribution >= 0.6 is 11.8 Å². The molecular weight excluding hydrogens is 308 g/mol. The van der Waals surface area contributed by atoms with Gasteiger partial charge in [-0.05, 0) is 30.3 Å². The fraction of sp³-hybridized carbons (Fsp3) is 0.235. The molecule has 1 aromatic carbocycles. The Bertz CT molecular complexity index is 809. The zero-order valence-corrected chi connectivity index (χ0v) is 13.6. The summed E-state index contributed by atoms with van der Waals surface area (Å²) in [5.41, 5.74) is 0.783. The van der Waals surface area contributed by atoms with Gasteiger partial charge < -0.3 is 9.30 Å². The topological polar surface area (TPSA) is 52.8 Å². The average molecular weight is 324 g/mol. The number of nitrogens with zero attached hydrogens (tertiary/aromatic N) is 4. The van der Waals surface area contributed by atoms with E-state index in [4.69, 9.17) is 11.2 Å². The second kappa shape index (κ2) is 7.16. The van der Waals surface area contributed by atoms with Crippen LogP contribution in [0.2, 0.25) is 0 Å². The van der Waals surface area contributed by atoms with Gasteiger partial charge in [0.05, 0.1) is 24.5 Å². The Morgan fingerprint density at radius 1 is 1.30 bits per heavy atom. The van der Waals surface area contributed by atoms with Crippen LogP contribution < -0.4 is 4.74 Å². The van der Waals surface area contributed by atoms with Gasteiger partial charge in [-0.1, -0.05) is 12.1 Å². The monoisotopic (exact) mass is 324 g/mol. The lowest BCUT2D eigenvalue weighted by molar-refractivity contribution is 0.405. The summed E-state index contributed by atoms with van der Waals surface area (Å²) in [5, 5.41) is 0.684. The minimum Gasteiger partial charge on any atom is -0.496 e. The number of benzene rings is 1. The van der Waals surface area contributed by atoms with Crippen molar-refractivity contribution >= 4 is 11.8 Å². The molecule has 0 fully saturated rings. The number of unbranched alkanes of at least 4 members (excludes halogenated alkanes) is 1. The minimum atomic E-state index is 0.684. The number of fused-ring (bicyclic) bond motifs is 1. The molecule has 0 aliphatic carbocycles. The van der Waals surface area contributed by atoms with Crippen molar-refractivity contribution in [2.45, 2.75) is 29.4 Å². The minimum absolute atomic E-state index is 0.684. The summed E-state index contributed by atoms with van der Waals surface area (Å²) >= 11 is 1.48. The third-order valence-corrected chi connectivity index (χ3v) is 4.23. The highest BCUT2D eigenvalue weighted by atomic mass is 32.2. The van der Waals surface area contributed by atoms with Crippen LogP contribution in [0.15, 0.2) is 46.8 Å². The lowest BCUT2D eigenvalue weighted by atomic mass is 10.3. The Balaban J connectivity index is 1.87. The molecule has 0 saturated heterocycles. The zero-order valence-electron chi connectivity index (χ0n) is 12.8. The largest absolute Gasteiger partial charge is 0.496 e. The highest BCUT2D eigenvalue weighted by molar-refractivity contribution is 7.99. The quantitative estimate of drug-likeness (QED) is 0.514. The Morgan fingerprint density at radius 2 is 2.17 bits per heavy atom. The van der Waals surface area contributed by atoms with Crippen molar-refractivity contribution < 1.29 is 4.74 Å². The number of rotatable bonds is 6. The molecule has 0 spiro atoms. The first-order valence-electron chi connectivity index (χ1n) is 7.24. The Hall–Kier alpha value is -2.52. The maximum absolute atomic E-state index is 5.37. The zero-order chi connectivity index (χ0) is 16.1. The number of terminal acetylenes is 1. The van der Waals surface area contributed by atoms with Crippen LogP contribution in [0.1, 0.15) is 12.8 Å². The molecular formula is C17H16N4OS. The van der Waals surface area contributed by atoms with Gasteiger partial charge in [0.1, 0.15) is 11.4 Å². The van der Waals surface area contributed by atoms with E-state index in [1.54, 1.807) is 19.6 Å². The molecule has 0 unspecified atom stereocenters. The van der Waals surface area contributed by atoms with E-state index in [2.05, 4.69) is 20.9 Å². The fourth-order valence-electron chi connectivity index (χ4n) is 2.23. The molecule has 2 heterocycles. The highest BCUT2D eigenvalue weighted by Crippen LogP contribution is 2.34. The highest BCUT2D eigenvalue weighted by Gasteiger charge is 2.16. The van der Waals surface area contributed by atoms with Gasteiger partial charge in [0, 0.05) is 13.0 Å². The number of aryl methyl sites for hydroxylation is 1. The number of para-hydroxylation sites is 1. The SMILES string of the molecule is C#CCCCn1cncc2nc(Sc3ccccc3OC)nc1-2. The maximum Gasteiger partial charge on any atom is 0.195 e. The fourth-order valence-corrected chi connectivity index (χ4v) is 3.10. The van der Waals surface area contributed by atoms with E-state index in [1.807, 2.05) is 28.8 Å². The summed E-state index contributed by atoms with van der Waals surface area (Å²) in [4.78, 5) is 14.4. The van der Waals surface area contributed by atoms with Crippen LogP contribution in [0.3, 0.4) is 0 Å². The molecule has 23 heavy (non-hydrogen) atoms. The van der Waals surface area contributed by atoms with Crippen LogP contribution in [0.5, 0.6) is 5.75 Å². The van der Waals surface area contributed by atoms with E-state index in [0.717, 1.165) is 41.5 Å². The summed E-state index contributed by atoms with van der Waals surface area (Å²) in [6, 6.07) is 7.82. The second-order valence-corrected chi connectivity index (χ2v) is 5.87. The van der Waals surface area contributed by atoms with Crippen molar-refractivity contribution in [1.29, 1.82) is 0 Å². The van der Waals surface area contributed by atoms with Crippen molar-refractivity contribution in [2.24, 2.45) is 0 Å². The Kier molecular flexibility index (Phi) is 4.79. The third-order valence-electron chi connectivity index (χ3n) is 3.31. The molecule has 0 bridgehead atoms. The first kappa shape index (κ1) is 15.4. The Morgan fingerprint density at radius 3 is 3.00 bits per heavy atom. The predicted molar refractivity (Wildman–Crippen MR) is 89.6 cm³/mol. The molecule has 0 radical (unpaired) electrons. The van der Waals surface area contributed by atoms with E-state index in [1.165, 1.54) is 11.8 Å². The number of hydrogen-bond acceptors (Lipinski definition) is 5. The van der Waals surface area contributed by atoms with Crippen molar-refractivity contribution in [3.05, 3.63) is 36.8 Å². The molecule has 6 heteroatoms. The molecule has 0 atom stereocenters. The molecule has 1 aromatic rings. The lowest BCUT2D eigenvalue weighted by Gasteiger charge is -2.07. The summed E-state index contributed by atoms with van der Waals surface area (Å²) in [6.45, 7) is 0.784. The van der Waals surface area contributed by atoms with Crippen molar-refractivity contribution in [3.63, 3.8) is 0 Å². The summed E-state index contributed by atoms with van der Waals surface area (Å²) in [6.07, 6.45) is 10.4. The first-order chi connectivity index (χ1) is 11.3. The van der Waals surface area contributed by atoms with Crippen molar-refractivity contribution in [1.82, 2.24) is 19.5 Å². The van der Waals surface area contributed by atoms with E-state index >= 15 is 0 Å². The number of hydrogen-bond donors (Lipinski definition) is 0. The van der Waals surface area contributed by atoms with Crippen LogP contribution in [0.4, 0.5) is 0 Å². The van der Waals surface area contributed by atoms with Gasteiger partial charge >= 0.3 is 0 Å². The Labute approximate surface area is 139 Å². The van der Waals surface area contributed by atoms with Gasteiger partial charge in [-0.25, -0.2) is 15.0 Å². The number of methoxy groups -OCH3 is 1.